The van der Waals surface area contributed by atoms with E-state index in [-0.39, 0.29) is 0 Å². The monoisotopic (exact) mass is 287 g/mol. The van der Waals surface area contributed by atoms with Gasteiger partial charge in [0.25, 0.3) is 0 Å². The topological polar surface area (TPSA) is 19.4 Å². The fourth-order valence-electron chi connectivity index (χ4n) is 2.30. The van der Waals surface area contributed by atoms with Crippen LogP contribution < -0.4 is 0 Å². The lowest BCUT2D eigenvalue weighted by Gasteiger charge is -2.19. The van der Waals surface area contributed by atoms with Crippen LogP contribution in [-0.2, 0) is 12.3 Å². The van der Waals surface area contributed by atoms with Crippen molar-refractivity contribution in [3.8, 4) is 0 Å². The van der Waals surface area contributed by atoms with Gasteiger partial charge in [-0.05, 0) is 39.5 Å². The molecule has 1 aromatic rings. The van der Waals surface area contributed by atoms with Crippen LogP contribution in [0.15, 0.2) is 5.38 Å². The third kappa shape index (κ3) is 4.50. The summed E-state index contributed by atoms with van der Waals surface area (Å²) in [5.74, 6) is 0.537. The quantitative estimate of drug-likeness (QED) is 0.776. The van der Waals surface area contributed by atoms with Gasteiger partial charge >= 0.3 is 0 Å². The third-order valence-electron chi connectivity index (χ3n) is 3.41. The molecule has 0 N–H and O–H groups in total. The Morgan fingerprint density at radius 1 is 1.33 bits per heavy atom. The van der Waals surface area contributed by atoms with Gasteiger partial charge in [0.2, 0.25) is 0 Å². The molecule has 0 aromatic carbocycles. The maximum atomic E-state index is 5.76. The van der Waals surface area contributed by atoms with Gasteiger partial charge in [0.1, 0.15) is 0 Å². The number of aryl methyl sites for hydroxylation is 1. The summed E-state index contributed by atoms with van der Waals surface area (Å²) in [6.07, 6.45) is 3.59. The number of halogens is 1. The fourth-order valence-corrected chi connectivity index (χ4v) is 3.37. The summed E-state index contributed by atoms with van der Waals surface area (Å²) in [5, 5.41) is 3.31. The van der Waals surface area contributed by atoms with Crippen LogP contribution in [0.5, 0.6) is 0 Å². The largest absolute Gasteiger partial charge is 0.305 e. The molecule has 3 nitrogen and oxygen atoms in total. The van der Waals surface area contributed by atoms with Crippen molar-refractivity contribution in [3.05, 3.63) is 16.1 Å². The lowest BCUT2D eigenvalue weighted by Crippen LogP contribution is -2.29. The molecule has 5 heteroatoms. The van der Waals surface area contributed by atoms with Crippen LogP contribution in [0.1, 0.15) is 23.5 Å². The molecule has 2 heterocycles. The Balaban J connectivity index is 1.68. The summed E-state index contributed by atoms with van der Waals surface area (Å²) in [7, 11) is 2.22. The zero-order chi connectivity index (χ0) is 12.8. The summed E-state index contributed by atoms with van der Waals surface area (Å²) >= 11 is 7.50. The average Bonchev–Trinajstić information content (AvgIpc) is 2.73. The van der Waals surface area contributed by atoms with Crippen LogP contribution in [0.3, 0.4) is 0 Å². The predicted molar refractivity (Wildman–Crippen MR) is 78.5 cm³/mol. The first-order valence-corrected chi connectivity index (χ1v) is 8.09. The zero-order valence-corrected chi connectivity index (χ0v) is 12.6. The number of rotatable bonds is 5. The van der Waals surface area contributed by atoms with Crippen molar-refractivity contribution < 1.29 is 0 Å². The molecule has 0 amide bonds. The van der Waals surface area contributed by atoms with Crippen LogP contribution in [-0.4, -0.2) is 54.6 Å². The molecule has 0 unspecified atom stereocenters. The van der Waals surface area contributed by atoms with E-state index in [4.69, 9.17) is 11.6 Å². The second-order valence-electron chi connectivity index (χ2n) is 4.97. The Labute approximate surface area is 119 Å². The van der Waals surface area contributed by atoms with E-state index >= 15 is 0 Å². The molecule has 1 fully saturated rings. The van der Waals surface area contributed by atoms with Crippen molar-refractivity contribution in [1.82, 2.24) is 14.8 Å². The number of nitrogens with zero attached hydrogens (tertiary/aromatic N) is 3. The summed E-state index contributed by atoms with van der Waals surface area (Å²) in [5.41, 5.74) is 1.02. The van der Waals surface area contributed by atoms with Gasteiger partial charge < -0.3 is 9.80 Å². The Hall–Kier alpha value is -0.160. The summed E-state index contributed by atoms with van der Waals surface area (Å²) in [6.45, 7) is 6.09. The Bertz CT molecular complexity index is 356. The second-order valence-corrected chi connectivity index (χ2v) is 6.18. The molecule has 2 rings (SSSR count). The van der Waals surface area contributed by atoms with E-state index in [0.717, 1.165) is 12.1 Å². The predicted octanol–water partition coefficient (Wildman–Crippen LogP) is 2.45. The normalized spacial score (nSPS) is 19.0. The molecule has 1 aromatic heterocycles. The molecular weight excluding hydrogens is 266 g/mol. The minimum atomic E-state index is 0.537. The molecule has 0 saturated carbocycles. The van der Waals surface area contributed by atoms with E-state index in [1.54, 1.807) is 11.3 Å². The Morgan fingerprint density at radius 3 is 3.00 bits per heavy atom. The Kier molecular flexibility index (Phi) is 5.89. The second kappa shape index (κ2) is 7.43. The molecule has 1 saturated heterocycles. The number of hydrogen-bond donors (Lipinski definition) is 0. The molecule has 0 bridgehead atoms. The SMILES string of the molecule is CN1CCCN(CCCc2nc(CCl)cs2)CC1. The van der Waals surface area contributed by atoms with E-state index < -0.39 is 0 Å². The first-order valence-electron chi connectivity index (χ1n) is 6.68. The first-order chi connectivity index (χ1) is 8.78. The smallest absolute Gasteiger partial charge is 0.0929 e. The van der Waals surface area contributed by atoms with Crippen molar-refractivity contribution in [1.29, 1.82) is 0 Å². The van der Waals surface area contributed by atoms with E-state index in [2.05, 4.69) is 27.2 Å². The van der Waals surface area contributed by atoms with Gasteiger partial charge in [0.15, 0.2) is 0 Å². The van der Waals surface area contributed by atoms with Crippen molar-refractivity contribution in [2.24, 2.45) is 0 Å². The minimum Gasteiger partial charge on any atom is -0.305 e. The number of aromatic nitrogens is 1. The molecule has 0 radical (unpaired) electrons. The Morgan fingerprint density at radius 2 is 2.22 bits per heavy atom. The third-order valence-corrected chi connectivity index (χ3v) is 4.64. The fraction of sp³-hybridized carbons (Fsp3) is 0.769. The van der Waals surface area contributed by atoms with Gasteiger partial charge in [0, 0.05) is 24.9 Å². The lowest BCUT2D eigenvalue weighted by molar-refractivity contribution is 0.273. The minimum absolute atomic E-state index is 0.537. The highest BCUT2D eigenvalue weighted by molar-refractivity contribution is 7.09. The molecule has 102 valence electrons. The van der Waals surface area contributed by atoms with Crippen molar-refractivity contribution in [3.63, 3.8) is 0 Å². The van der Waals surface area contributed by atoms with Crippen molar-refractivity contribution >= 4 is 22.9 Å². The van der Waals surface area contributed by atoms with Crippen LogP contribution in [0.2, 0.25) is 0 Å². The zero-order valence-electron chi connectivity index (χ0n) is 11.1. The molecule has 0 spiro atoms. The van der Waals surface area contributed by atoms with Gasteiger partial charge in [-0.15, -0.1) is 22.9 Å². The highest BCUT2D eigenvalue weighted by Gasteiger charge is 2.11. The summed E-state index contributed by atoms with van der Waals surface area (Å²) < 4.78 is 0. The lowest BCUT2D eigenvalue weighted by atomic mass is 10.3. The van der Waals surface area contributed by atoms with Crippen molar-refractivity contribution in [2.45, 2.75) is 25.1 Å². The highest BCUT2D eigenvalue weighted by Crippen LogP contribution is 2.13. The maximum absolute atomic E-state index is 5.76. The van der Waals surface area contributed by atoms with Crippen molar-refractivity contribution in [2.75, 3.05) is 39.8 Å². The number of likely N-dealkylation sites (N-methyl/N-ethyl adjacent to an activating group) is 1. The van der Waals surface area contributed by atoms with Gasteiger partial charge in [-0.25, -0.2) is 4.98 Å². The van der Waals surface area contributed by atoms with E-state index in [0.29, 0.717) is 5.88 Å². The molecular formula is C13H22ClN3S. The average molecular weight is 288 g/mol. The number of alkyl halides is 1. The van der Waals surface area contributed by atoms with Gasteiger partial charge in [0.05, 0.1) is 16.6 Å². The first kappa shape index (κ1) is 14.3. The van der Waals surface area contributed by atoms with E-state index in [1.165, 1.54) is 50.6 Å². The van der Waals surface area contributed by atoms with E-state index in [1.807, 2.05) is 0 Å². The molecule has 0 aliphatic carbocycles. The number of hydrogen-bond acceptors (Lipinski definition) is 4. The highest BCUT2D eigenvalue weighted by atomic mass is 35.5. The van der Waals surface area contributed by atoms with E-state index in [9.17, 15) is 0 Å². The molecule has 1 aliphatic rings. The van der Waals surface area contributed by atoms with Gasteiger partial charge in [-0.1, -0.05) is 0 Å². The number of thiazole rings is 1. The van der Waals surface area contributed by atoms with Crippen LogP contribution in [0.25, 0.3) is 0 Å². The summed E-state index contributed by atoms with van der Waals surface area (Å²) in [4.78, 5) is 9.51. The molecule has 18 heavy (non-hydrogen) atoms. The maximum Gasteiger partial charge on any atom is 0.0929 e. The van der Waals surface area contributed by atoms with Crippen LogP contribution >= 0.6 is 22.9 Å². The van der Waals surface area contributed by atoms with Crippen LogP contribution in [0, 0.1) is 0 Å². The van der Waals surface area contributed by atoms with Gasteiger partial charge in [-0.2, -0.15) is 0 Å². The summed E-state index contributed by atoms with van der Waals surface area (Å²) in [6, 6.07) is 0. The standard InChI is InChI=1S/C13H22ClN3S/c1-16-5-3-7-17(9-8-16)6-2-4-13-15-12(10-14)11-18-13/h11H,2-10H2,1H3. The molecule has 0 atom stereocenters. The molecule has 1 aliphatic heterocycles. The van der Waals surface area contributed by atoms with Crippen LogP contribution in [0.4, 0.5) is 0 Å². The van der Waals surface area contributed by atoms with Gasteiger partial charge in [-0.3, -0.25) is 0 Å².